The highest BCUT2D eigenvalue weighted by molar-refractivity contribution is 7.07. The number of hydrogen-bond donors (Lipinski definition) is 2. The summed E-state index contributed by atoms with van der Waals surface area (Å²) >= 11 is 1.10. The first-order chi connectivity index (χ1) is 8.16. The van der Waals surface area contributed by atoms with E-state index in [2.05, 4.69) is 15.3 Å². The smallest absolute Gasteiger partial charge is 0.307 e. The molecule has 2 heterocycles. The van der Waals surface area contributed by atoms with Crippen LogP contribution in [0.5, 0.6) is 0 Å². The second kappa shape index (κ2) is 4.96. The van der Waals surface area contributed by atoms with Gasteiger partial charge in [-0.1, -0.05) is 11.3 Å². The van der Waals surface area contributed by atoms with Crippen LogP contribution in [0.15, 0.2) is 22.6 Å². The van der Waals surface area contributed by atoms with E-state index >= 15 is 0 Å². The summed E-state index contributed by atoms with van der Waals surface area (Å²) in [6.45, 7) is 2.19. The number of rotatable bonds is 4. The third kappa shape index (κ3) is 2.82. The topological polar surface area (TPSA) is 79.8 Å². The zero-order valence-corrected chi connectivity index (χ0v) is 10.1. The summed E-state index contributed by atoms with van der Waals surface area (Å²) in [5.74, 6) is 0.484. The molecule has 0 aliphatic rings. The second-order valence-electron chi connectivity index (χ2n) is 3.54. The number of amides is 1. The van der Waals surface area contributed by atoms with Crippen LogP contribution >= 0.6 is 11.3 Å². The van der Waals surface area contributed by atoms with Crippen molar-refractivity contribution in [1.82, 2.24) is 19.9 Å². The number of nitrogens with one attached hydrogen (secondary N) is 2. The maximum absolute atomic E-state index is 11.6. The summed E-state index contributed by atoms with van der Waals surface area (Å²) in [6.07, 6.45) is 3.31. The minimum atomic E-state index is -0.204. The van der Waals surface area contributed by atoms with Gasteiger partial charge in [0.25, 0.3) is 0 Å². The lowest BCUT2D eigenvalue weighted by Gasteiger charge is -2.05. The zero-order chi connectivity index (χ0) is 12.3. The quantitative estimate of drug-likeness (QED) is 0.819. The lowest BCUT2D eigenvalue weighted by molar-refractivity contribution is -0.121. The highest BCUT2D eigenvalue weighted by atomic mass is 32.1. The van der Waals surface area contributed by atoms with Gasteiger partial charge < -0.3 is 10.3 Å². The van der Waals surface area contributed by atoms with Gasteiger partial charge in [0.1, 0.15) is 12.4 Å². The molecule has 0 saturated heterocycles. The fraction of sp³-hybridized carbons (Fsp3) is 0.300. The molecule has 0 radical (unpaired) electrons. The van der Waals surface area contributed by atoms with Gasteiger partial charge in [-0.05, 0) is 6.92 Å². The Kier molecular flexibility index (Phi) is 3.38. The molecular weight excluding hydrogens is 240 g/mol. The van der Waals surface area contributed by atoms with Crippen LogP contribution in [-0.4, -0.2) is 20.4 Å². The Balaban J connectivity index is 1.92. The molecule has 0 aromatic carbocycles. The lowest BCUT2D eigenvalue weighted by atomic mass is 10.4. The molecule has 0 unspecified atom stereocenters. The Bertz CT molecular complexity index is 555. The van der Waals surface area contributed by atoms with Crippen molar-refractivity contribution < 1.29 is 4.79 Å². The number of nitrogens with zero attached hydrogens (tertiary/aromatic N) is 2. The average molecular weight is 252 g/mol. The first-order valence-corrected chi connectivity index (χ1v) is 5.94. The van der Waals surface area contributed by atoms with Crippen molar-refractivity contribution in [2.24, 2.45) is 0 Å². The van der Waals surface area contributed by atoms with Crippen molar-refractivity contribution in [2.45, 2.75) is 20.0 Å². The van der Waals surface area contributed by atoms with Crippen LogP contribution in [0.3, 0.4) is 0 Å². The van der Waals surface area contributed by atoms with Crippen LogP contribution in [0, 0.1) is 6.92 Å². The van der Waals surface area contributed by atoms with Crippen LogP contribution < -0.4 is 10.2 Å². The number of aromatic amines is 1. The molecular formula is C10H12N4O2S. The molecule has 0 fully saturated rings. The van der Waals surface area contributed by atoms with E-state index in [-0.39, 0.29) is 17.3 Å². The maximum Gasteiger partial charge on any atom is 0.307 e. The van der Waals surface area contributed by atoms with E-state index in [0.29, 0.717) is 12.4 Å². The highest BCUT2D eigenvalue weighted by Crippen LogP contribution is 1.99. The van der Waals surface area contributed by atoms with E-state index in [1.807, 2.05) is 0 Å². The van der Waals surface area contributed by atoms with Gasteiger partial charge >= 0.3 is 4.87 Å². The van der Waals surface area contributed by atoms with Crippen molar-refractivity contribution in [3.05, 3.63) is 39.0 Å². The fourth-order valence-electron chi connectivity index (χ4n) is 1.37. The summed E-state index contributed by atoms with van der Waals surface area (Å²) in [5, 5.41) is 4.43. The molecule has 6 nitrogen and oxygen atoms in total. The van der Waals surface area contributed by atoms with Gasteiger partial charge in [0.05, 0.1) is 6.54 Å². The number of carbonyl (C=O) groups excluding carboxylic acids is 1. The Labute approximate surface area is 101 Å². The van der Waals surface area contributed by atoms with Crippen LogP contribution in [0.2, 0.25) is 0 Å². The minimum Gasteiger partial charge on any atom is -0.347 e. The average Bonchev–Trinajstić information content (AvgIpc) is 2.91. The zero-order valence-electron chi connectivity index (χ0n) is 9.27. The van der Waals surface area contributed by atoms with Gasteiger partial charge in [-0.15, -0.1) is 0 Å². The first-order valence-electron chi connectivity index (χ1n) is 5.06. The molecule has 1 amide bonds. The summed E-state index contributed by atoms with van der Waals surface area (Å²) in [7, 11) is 0. The van der Waals surface area contributed by atoms with Crippen LogP contribution in [-0.2, 0) is 17.9 Å². The molecule has 0 spiro atoms. The van der Waals surface area contributed by atoms with Crippen LogP contribution in [0.1, 0.15) is 11.5 Å². The number of carbonyl (C=O) groups is 1. The summed E-state index contributed by atoms with van der Waals surface area (Å²) in [5.41, 5.74) is 0.799. The molecule has 2 aromatic rings. The molecule has 0 saturated carbocycles. The van der Waals surface area contributed by atoms with Gasteiger partial charge in [-0.25, -0.2) is 4.98 Å². The van der Waals surface area contributed by atoms with Crippen molar-refractivity contribution in [2.75, 3.05) is 0 Å². The lowest BCUT2D eigenvalue weighted by Crippen LogP contribution is -2.30. The van der Waals surface area contributed by atoms with Crippen molar-refractivity contribution >= 4 is 17.2 Å². The number of hydrogen-bond acceptors (Lipinski definition) is 4. The standard InChI is InChI=1S/C10H12N4O2S/c1-7-6-17-10(16)14(7)5-9(15)13-4-8-11-2-3-12-8/h2-3,6H,4-5H2,1H3,(H,11,12)(H,13,15). The van der Waals surface area contributed by atoms with Gasteiger partial charge in [-0.2, -0.15) is 0 Å². The number of aryl methyl sites for hydroxylation is 1. The summed E-state index contributed by atoms with van der Waals surface area (Å²) in [6, 6.07) is 0. The minimum absolute atomic E-state index is 0.0505. The second-order valence-corrected chi connectivity index (χ2v) is 4.36. The molecule has 0 bridgehead atoms. The number of aromatic nitrogens is 3. The predicted molar refractivity (Wildman–Crippen MR) is 63.8 cm³/mol. The van der Waals surface area contributed by atoms with Crippen molar-refractivity contribution in [1.29, 1.82) is 0 Å². The van der Waals surface area contributed by atoms with E-state index in [9.17, 15) is 9.59 Å². The molecule has 2 N–H and O–H groups in total. The highest BCUT2D eigenvalue weighted by Gasteiger charge is 2.08. The summed E-state index contributed by atoms with van der Waals surface area (Å²) < 4.78 is 1.45. The number of imidazole rings is 1. The van der Waals surface area contributed by atoms with E-state index in [4.69, 9.17) is 0 Å². The van der Waals surface area contributed by atoms with Gasteiger partial charge in [-0.3, -0.25) is 14.2 Å². The van der Waals surface area contributed by atoms with Gasteiger partial charge in [0.15, 0.2) is 0 Å². The monoisotopic (exact) mass is 252 g/mol. The Morgan fingerprint density at radius 1 is 1.65 bits per heavy atom. The van der Waals surface area contributed by atoms with E-state index in [1.165, 1.54) is 4.57 Å². The van der Waals surface area contributed by atoms with Crippen LogP contribution in [0.25, 0.3) is 0 Å². The molecule has 0 aliphatic heterocycles. The van der Waals surface area contributed by atoms with E-state index < -0.39 is 0 Å². The number of H-pyrrole nitrogens is 1. The Morgan fingerprint density at radius 3 is 3.06 bits per heavy atom. The molecule has 2 rings (SSSR count). The van der Waals surface area contributed by atoms with E-state index in [1.54, 1.807) is 24.7 Å². The Hall–Kier alpha value is -1.89. The molecule has 7 heteroatoms. The molecule has 90 valence electrons. The third-order valence-electron chi connectivity index (χ3n) is 2.29. The number of thiazole rings is 1. The molecule has 2 aromatic heterocycles. The molecule has 0 aliphatic carbocycles. The third-order valence-corrected chi connectivity index (χ3v) is 3.17. The largest absolute Gasteiger partial charge is 0.347 e. The first kappa shape index (κ1) is 11.6. The normalized spacial score (nSPS) is 10.4. The summed E-state index contributed by atoms with van der Waals surface area (Å²) in [4.78, 5) is 29.7. The van der Waals surface area contributed by atoms with Crippen molar-refractivity contribution in [3.63, 3.8) is 0 Å². The van der Waals surface area contributed by atoms with Gasteiger partial charge in [0, 0.05) is 23.5 Å². The molecule has 17 heavy (non-hydrogen) atoms. The maximum atomic E-state index is 11.6. The Morgan fingerprint density at radius 2 is 2.47 bits per heavy atom. The van der Waals surface area contributed by atoms with E-state index in [0.717, 1.165) is 17.0 Å². The van der Waals surface area contributed by atoms with Gasteiger partial charge in [0.2, 0.25) is 5.91 Å². The van der Waals surface area contributed by atoms with Crippen LogP contribution in [0.4, 0.5) is 0 Å². The fourth-order valence-corrected chi connectivity index (χ4v) is 2.11. The SMILES string of the molecule is Cc1csc(=O)n1CC(=O)NCc1ncc[nH]1. The molecule has 0 atom stereocenters. The predicted octanol–water partition coefficient (Wildman–Crippen LogP) is 0.258. The van der Waals surface area contributed by atoms with Crippen molar-refractivity contribution in [3.8, 4) is 0 Å².